The van der Waals surface area contributed by atoms with E-state index in [1.807, 2.05) is 6.08 Å². The topological polar surface area (TPSA) is 210 Å². The van der Waals surface area contributed by atoms with E-state index < -0.39 is 76.7 Å². The maximum Gasteiger partial charge on any atom is 0.472 e. The second-order valence-corrected chi connectivity index (χ2v) is 17.5. The lowest BCUT2D eigenvalue weighted by Gasteiger charge is -2.21. The van der Waals surface area contributed by atoms with Gasteiger partial charge in [0, 0.05) is 25.2 Å². The first-order valence-corrected chi connectivity index (χ1v) is 24.6. The van der Waals surface area contributed by atoms with Crippen LogP contribution in [0.2, 0.25) is 0 Å². The zero-order valence-electron chi connectivity index (χ0n) is 37.6. The van der Waals surface area contributed by atoms with Gasteiger partial charge >= 0.3 is 19.8 Å². The van der Waals surface area contributed by atoms with Crippen molar-refractivity contribution in [1.29, 1.82) is 0 Å². The Balaban J connectivity index is 2.44. The molecule has 13 nitrogen and oxygen atoms in total. The average molecular weight is 897 g/mol. The van der Waals surface area contributed by atoms with Crippen LogP contribution in [0.4, 0.5) is 0 Å². The maximum atomic E-state index is 12.8. The Hall–Kier alpha value is -2.71. The molecule has 1 aliphatic rings. The van der Waals surface area contributed by atoms with Gasteiger partial charge in [0.05, 0.1) is 38.1 Å². The lowest BCUT2D eigenvalue weighted by atomic mass is 9.88. The van der Waals surface area contributed by atoms with Crippen molar-refractivity contribution in [3.8, 4) is 0 Å². The van der Waals surface area contributed by atoms with Gasteiger partial charge in [-0.2, -0.15) is 0 Å². The number of esters is 2. The van der Waals surface area contributed by atoms with Gasteiger partial charge in [-0.3, -0.25) is 18.6 Å². The van der Waals surface area contributed by atoms with E-state index in [0.717, 1.165) is 83.5 Å². The lowest BCUT2D eigenvalue weighted by Crippen LogP contribution is -2.29. The number of ether oxygens (including phenoxy) is 2. The molecule has 1 aliphatic carbocycles. The first-order valence-electron chi connectivity index (χ1n) is 23.2. The molecule has 1 unspecified atom stereocenters. The van der Waals surface area contributed by atoms with Gasteiger partial charge in [0.15, 0.2) is 6.10 Å². The van der Waals surface area contributed by atoms with Crippen LogP contribution in [0.25, 0.3) is 0 Å². The molecule has 0 aromatic heterocycles. The highest BCUT2D eigenvalue weighted by Crippen LogP contribution is 2.43. The molecule has 0 bridgehead atoms. The minimum Gasteiger partial charge on any atom is -0.462 e. The van der Waals surface area contributed by atoms with Crippen molar-refractivity contribution in [3.05, 3.63) is 72.9 Å². The molecular formula is C48H81O13P. The number of allylic oxidation sites excluding steroid dienone is 10. The highest BCUT2D eigenvalue weighted by atomic mass is 31.2. The fourth-order valence-electron chi connectivity index (χ4n) is 6.88. The molecule has 6 N–H and O–H groups in total. The van der Waals surface area contributed by atoms with E-state index in [9.17, 15) is 39.5 Å². The zero-order chi connectivity index (χ0) is 45.7. The van der Waals surface area contributed by atoms with E-state index in [4.69, 9.17) is 19.1 Å². The molecular weight excluding hydrogens is 815 g/mol. The Kier molecular flexibility index (Phi) is 34.8. The predicted molar refractivity (Wildman–Crippen MR) is 244 cm³/mol. The highest BCUT2D eigenvalue weighted by Gasteiger charge is 2.39. The number of aliphatic hydroxyl groups excluding tert-OH is 5. The standard InChI is InChI=1S/C48H81O13P/c1-3-5-7-8-9-10-11-12-13-14-15-16-17-18-19-20-21-22-27-31-47(54)58-38-42(39-60-62(56,57)59-37-41(51)36-49)61-48(55)32-28-24-23-26-30-43-44(46(53)35-45(43)52)34-33-40(50)29-25-6-4-2/h5,7,9-10,12-13,15-16,18-19,33-34,40-46,49-53H,3-4,6,8,11,14,17,20-32,35-39H2,1-2H3,(H,56,57)/b7-5-,10-9-,13-12-,16-15-,19-18-,34-33+/t40-,41-,42+,43+,44+,45-,46+/m0/s1. The fraction of sp³-hybridized carbons (Fsp3) is 0.708. The van der Waals surface area contributed by atoms with Crippen LogP contribution in [-0.4, -0.2) is 99.3 Å². The number of unbranched alkanes of at least 4 members (excludes halogenated alkanes) is 8. The van der Waals surface area contributed by atoms with Crippen LogP contribution in [0.5, 0.6) is 0 Å². The van der Waals surface area contributed by atoms with E-state index in [0.29, 0.717) is 38.5 Å². The summed E-state index contributed by atoms with van der Waals surface area (Å²) >= 11 is 0. The number of hydrogen-bond acceptors (Lipinski definition) is 12. The monoisotopic (exact) mass is 897 g/mol. The quantitative estimate of drug-likeness (QED) is 0.0148. The summed E-state index contributed by atoms with van der Waals surface area (Å²) in [5, 5.41) is 49.8. The third-order valence-corrected chi connectivity index (χ3v) is 11.4. The molecule has 0 aromatic carbocycles. The van der Waals surface area contributed by atoms with Gasteiger partial charge in [-0.15, -0.1) is 0 Å². The predicted octanol–water partition coefficient (Wildman–Crippen LogP) is 8.83. The average Bonchev–Trinajstić information content (AvgIpc) is 3.52. The summed E-state index contributed by atoms with van der Waals surface area (Å²) in [6.07, 6.45) is 36.4. The Morgan fingerprint density at radius 3 is 1.90 bits per heavy atom. The van der Waals surface area contributed by atoms with Crippen LogP contribution < -0.4 is 0 Å². The molecule has 0 heterocycles. The normalized spacial score (nSPS) is 21.0. The molecule has 8 atom stereocenters. The number of phosphoric acid groups is 1. The molecule has 0 radical (unpaired) electrons. The fourth-order valence-corrected chi connectivity index (χ4v) is 7.67. The van der Waals surface area contributed by atoms with Crippen LogP contribution in [0.3, 0.4) is 0 Å². The molecule has 1 saturated carbocycles. The number of rotatable bonds is 38. The zero-order valence-corrected chi connectivity index (χ0v) is 38.5. The largest absolute Gasteiger partial charge is 0.472 e. The van der Waals surface area contributed by atoms with Gasteiger partial charge in [-0.05, 0) is 76.5 Å². The van der Waals surface area contributed by atoms with Crippen LogP contribution in [0.15, 0.2) is 72.9 Å². The lowest BCUT2D eigenvalue weighted by molar-refractivity contribution is -0.161. The number of aliphatic hydroxyl groups is 5. The first-order chi connectivity index (χ1) is 29.9. The van der Waals surface area contributed by atoms with E-state index >= 15 is 0 Å². The summed E-state index contributed by atoms with van der Waals surface area (Å²) in [5.74, 6) is -1.46. The molecule has 0 aliphatic heterocycles. The molecule has 356 valence electrons. The van der Waals surface area contributed by atoms with Gasteiger partial charge < -0.3 is 39.9 Å². The summed E-state index contributed by atoms with van der Waals surface area (Å²) in [5.41, 5.74) is 0. The van der Waals surface area contributed by atoms with Crippen molar-refractivity contribution in [3.63, 3.8) is 0 Å². The van der Waals surface area contributed by atoms with Gasteiger partial charge in [-0.1, -0.05) is 132 Å². The summed E-state index contributed by atoms with van der Waals surface area (Å²) in [7, 11) is -4.69. The summed E-state index contributed by atoms with van der Waals surface area (Å²) in [6.45, 7) is 1.87. The first kappa shape index (κ1) is 57.3. The third-order valence-electron chi connectivity index (χ3n) is 10.4. The SMILES string of the molecule is CC/C=C\C/C=C\C/C=C\C/C=C\C/C=C\CCCCCC(=O)OC[C@H](COP(=O)(O)OC[C@@H](O)CO)OC(=O)CCCCCC[C@@H]1[C@@H](/C=C/[C@@H](O)CCCCC)[C@H](O)C[C@@H]1O. The number of hydrogen-bond donors (Lipinski definition) is 6. The molecule has 62 heavy (non-hydrogen) atoms. The molecule has 0 aromatic rings. The van der Waals surface area contributed by atoms with Gasteiger partial charge in [0.1, 0.15) is 12.7 Å². The summed E-state index contributed by atoms with van der Waals surface area (Å²) in [4.78, 5) is 35.3. The Morgan fingerprint density at radius 1 is 0.694 bits per heavy atom. The minimum absolute atomic E-state index is 0.0460. The Labute approximate surface area is 372 Å². The van der Waals surface area contributed by atoms with E-state index in [-0.39, 0.29) is 24.7 Å². The smallest absolute Gasteiger partial charge is 0.462 e. The molecule has 1 rings (SSSR count). The third kappa shape index (κ3) is 31.2. The van der Waals surface area contributed by atoms with E-state index in [1.165, 1.54) is 0 Å². The van der Waals surface area contributed by atoms with Crippen LogP contribution in [0.1, 0.15) is 149 Å². The molecule has 0 amide bonds. The van der Waals surface area contributed by atoms with Crippen molar-refractivity contribution >= 4 is 19.8 Å². The summed E-state index contributed by atoms with van der Waals surface area (Å²) in [6, 6.07) is 0. The molecule has 1 fully saturated rings. The second kappa shape index (κ2) is 37.6. The highest BCUT2D eigenvalue weighted by molar-refractivity contribution is 7.47. The number of phosphoric ester groups is 1. The van der Waals surface area contributed by atoms with Crippen molar-refractivity contribution in [1.82, 2.24) is 0 Å². The number of carbonyl (C=O) groups excluding carboxylic acids is 2. The van der Waals surface area contributed by atoms with E-state index in [2.05, 4.69) is 79.1 Å². The minimum atomic E-state index is -4.69. The van der Waals surface area contributed by atoms with Crippen LogP contribution >= 0.6 is 7.82 Å². The van der Waals surface area contributed by atoms with Crippen molar-refractivity contribution in [2.45, 2.75) is 179 Å². The Morgan fingerprint density at radius 2 is 1.27 bits per heavy atom. The maximum absolute atomic E-state index is 12.8. The van der Waals surface area contributed by atoms with Crippen molar-refractivity contribution < 1.29 is 63.1 Å². The van der Waals surface area contributed by atoms with Crippen molar-refractivity contribution in [2.24, 2.45) is 11.8 Å². The van der Waals surface area contributed by atoms with Gasteiger partial charge in [-0.25, -0.2) is 4.57 Å². The molecule has 0 spiro atoms. The second-order valence-electron chi connectivity index (χ2n) is 16.0. The molecule has 0 saturated heterocycles. The summed E-state index contributed by atoms with van der Waals surface area (Å²) < 4.78 is 32.8. The van der Waals surface area contributed by atoms with Crippen LogP contribution in [-0.2, 0) is 32.7 Å². The van der Waals surface area contributed by atoms with Gasteiger partial charge in [0.2, 0.25) is 0 Å². The van der Waals surface area contributed by atoms with Crippen LogP contribution in [0, 0.1) is 11.8 Å². The van der Waals surface area contributed by atoms with E-state index in [1.54, 1.807) is 6.08 Å². The van der Waals surface area contributed by atoms with Crippen molar-refractivity contribution in [2.75, 3.05) is 26.4 Å². The Bertz CT molecular complexity index is 1380. The molecule has 14 heteroatoms. The van der Waals surface area contributed by atoms with Gasteiger partial charge in [0.25, 0.3) is 0 Å². The number of carbonyl (C=O) groups is 2.